The lowest BCUT2D eigenvalue weighted by molar-refractivity contribution is -0.137. The third-order valence-electron chi connectivity index (χ3n) is 5.16. The summed E-state index contributed by atoms with van der Waals surface area (Å²) in [5, 5.41) is 9.17. The normalized spacial score (nSPS) is 15.4. The van der Waals surface area contributed by atoms with Gasteiger partial charge in [-0.3, -0.25) is 4.79 Å². The second-order valence-electron chi connectivity index (χ2n) is 7.41. The molecule has 3 nitrogen and oxygen atoms in total. The van der Waals surface area contributed by atoms with E-state index in [1.54, 1.807) is 25.1 Å². The van der Waals surface area contributed by atoms with Crippen molar-refractivity contribution in [3.8, 4) is 11.1 Å². The van der Waals surface area contributed by atoms with Gasteiger partial charge in [0.15, 0.2) is 0 Å². The molecule has 2 aromatic carbocycles. The first-order chi connectivity index (χ1) is 12.5. The molecule has 0 unspecified atom stereocenters. The molecule has 0 amide bonds. The smallest absolute Gasteiger partial charge is 0.416 e. The number of ketones is 1. The number of aromatic carboxylic acids is 1. The fourth-order valence-electron chi connectivity index (χ4n) is 3.03. The Morgan fingerprint density at radius 2 is 1.78 bits per heavy atom. The van der Waals surface area contributed by atoms with Crippen molar-refractivity contribution in [2.75, 3.05) is 0 Å². The quantitative estimate of drug-likeness (QED) is 0.771. The topological polar surface area (TPSA) is 54.4 Å². The van der Waals surface area contributed by atoms with E-state index in [4.69, 9.17) is 0 Å². The van der Waals surface area contributed by atoms with Crippen molar-refractivity contribution in [3.63, 3.8) is 0 Å². The summed E-state index contributed by atoms with van der Waals surface area (Å²) >= 11 is 0. The summed E-state index contributed by atoms with van der Waals surface area (Å²) in [5.41, 5.74) is 0.372. The molecule has 0 atom stereocenters. The highest BCUT2D eigenvalue weighted by Gasteiger charge is 2.43. The number of carboxylic acids is 1. The van der Waals surface area contributed by atoms with Crippen molar-refractivity contribution >= 4 is 11.8 Å². The van der Waals surface area contributed by atoms with Crippen molar-refractivity contribution in [3.05, 3.63) is 58.7 Å². The summed E-state index contributed by atoms with van der Waals surface area (Å²) in [7, 11) is 0. The van der Waals surface area contributed by atoms with Crippen molar-refractivity contribution in [2.45, 2.75) is 39.3 Å². The van der Waals surface area contributed by atoms with Crippen LogP contribution < -0.4 is 0 Å². The Labute approximate surface area is 154 Å². The van der Waals surface area contributed by atoms with Gasteiger partial charge in [0.1, 0.15) is 5.78 Å². The van der Waals surface area contributed by atoms with E-state index < -0.39 is 23.3 Å². The van der Waals surface area contributed by atoms with Crippen molar-refractivity contribution < 1.29 is 27.9 Å². The molecule has 6 heteroatoms. The van der Waals surface area contributed by atoms with Crippen LogP contribution in [0.4, 0.5) is 13.2 Å². The average Bonchev–Trinajstić information content (AvgIpc) is 3.34. The standard InChI is InChI=1S/C21H19F3O3/c1-12-3-4-13(8-18(25)20(2)5-6-20)7-17(12)14-9-15(19(26)27)11-16(10-14)21(22,23)24/h3-4,7,9-11H,5-6,8H2,1-2H3,(H,26,27). The number of hydrogen-bond acceptors (Lipinski definition) is 2. The zero-order chi connectivity index (χ0) is 20.0. The highest BCUT2D eigenvalue weighted by atomic mass is 19.4. The first-order valence-corrected chi connectivity index (χ1v) is 8.58. The second-order valence-corrected chi connectivity index (χ2v) is 7.41. The van der Waals surface area contributed by atoms with E-state index in [1.807, 2.05) is 6.92 Å². The number of carboxylic acid groups (broad SMARTS) is 1. The molecule has 2 aromatic rings. The first kappa shape index (κ1) is 19.1. The molecular weight excluding hydrogens is 357 g/mol. The molecule has 0 aliphatic heterocycles. The predicted molar refractivity (Wildman–Crippen MR) is 94.6 cm³/mol. The van der Waals surface area contributed by atoms with Crippen LogP contribution in [0.5, 0.6) is 0 Å². The zero-order valence-corrected chi connectivity index (χ0v) is 15.0. The summed E-state index contributed by atoms with van der Waals surface area (Å²) < 4.78 is 39.5. The molecule has 142 valence electrons. The molecule has 0 saturated heterocycles. The number of halogens is 3. The van der Waals surface area contributed by atoms with E-state index in [0.29, 0.717) is 22.8 Å². The molecule has 0 radical (unpaired) electrons. The van der Waals surface area contributed by atoms with E-state index in [9.17, 15) is 27.9 Å². The predicted octanol–water partition coefficient (Wildman–Crippen LogP) is 5.29. The first-order valence-electron chi connectivity index (χ1n) is 8.58. The maximum Gasteiger partial charge on any atom is 0.416 e. The maximum atomic E-state index is 13.2. The lowest BCUT2D eigenvalue weighted by Crippen LogP contribution is -2.14. The molecule has 1 aliphatic carbocycles. The Morgan fingerprint density at radius 3 is 2.33 bits per heavy atom. The summed E-state index contributed by atoms with van der Waals surface area (Å²) in [6, 6.07) is 8.01. The van der Waals surface area contributed by atoms with Gasteiger partial charge in [0.05, 0.1) is 11.1 Å². The summed E-state index contributed by atoms with van der Waals surface area (Å²) in [6.45, 7) is 3.65. The number of aryl methyl sites for hydroxylation is 1. The monoisotopic (exact) mass is 376 g/mol. The molecule has 1 aliphatic rings. The number of hydrogen-bond donors (Lipinski definition) is 1. The molecule has 3 rings (SSSR count). The minimum Gasteiger partial charge on any atom is -0.478 e. The molecular formula is C21H19F3O3. The van der Waals surface area contributed by atoms with E-state index in [0.717, 1.165) is 18.9 Å². The van der Waals surface area contributed by atoms with E-state index in [1.165, 1.54) is 6.07 Å². The largest absolute Gasteiger partial charge is 0.478 e. The number of Topliss-reactive ketones (excluding diaryl/α,β-unsaturated/α-hetero) is 1. The van der Waals surface area contributed by atoms with Crippen LogP contribution in [0.2, 0.25) is 0 Å². The Bertz CT molecular complexity index is 925. The van der Waals surface area contributed by atoms with E-state index in [2.05, 4.69) is 0 Å². The van der Waals surface area contributed by atoms with Crippen LogP contribution in [0.3, 0.4) is 0 Å². The van der Waals surface area contributed by atoms with Crippen LogP contribution in [0.1, 0.15) is 46.8 Å². The zero-order valence-electron chi connectivity index (χ0n) is 15.0. The molecule has 0 heterocycles. The van der Waals surface area contributed by atoms with Gasteiger partial charge >= 0.3 is 12.1 Å². The Balaban J connectivity index is 2.04. The van der Waals surface area contributed by atoms with Gasteiger partial charge in [-0.25, -0.2) is 4.79 Å². The van der Waals surface area contributed by atoms with Crippen molar-refractivity contribution in [1.82, 2.24) is 0 Å². The molecule has 1 N–H and O–H groups in total. The number of benzene rings is 2. The van der Waals surface area contributed by atoms with Gasteiger partial charge in [-0.1, -0.05) is 25.1 Å². The molecule has 0 aromatic heterocycles. The van der Waals surface area contributed by atoms with Gasteiger partial charge in [-0.05, 0) is 60.2 Å². The molecule has 1 saturated carbocycles. The number of carbonyl (C=O) groups is 2. The number of alkyl halides is 3. The van der Waals surface area contributed by atoms with Crippen LogP contribution in [0.15, 0.2) is 36.4 Å². The Hall–Kier alpha value is -2.63. The van der Waals surface area contributed by atoms with Crippen molar-refractivity contribution in [1.29, 1.82) is 0 Å². The highest BCUT2D eigenvalue weighted by Crippen LogP contribution is 2.46. The Kier molecular flexibility index (Phi) is 4.62. The van der Waals surface area contributed by atoms with E-state index in [-0.39, 0.29) is 23.2 Å². The Morgan fingerprint density at radius 1 is 1.11 bits per heavy atom. The van der Waals surface area contributed by atoms with Crippen LogP contribution >= 0.6 is 0 Å². The third-order valence-corrected chi connectivity index (χ3v) is 5.16. The van der Waals surface area contributed by atoms with Crippen LogP contribution in [0.25, 0.3) is 11.1 Å². The lowest BCUT2D eigenvalue weighted by atomic mass is 9.91. The van der Waals surface area contributed by atoms with E-state index >= 15 is 0 Å². The molecule has 0 spiro atoms. The number of carbonyl (C=O) groups excluding carboxylic acids is 1. The van der Waals surface area contributed by atoms with Crippen molar-refractivity contribution in [2.24, 2.45) is 5.41 Å². The fourth-order valence-corrected chi connectivity index (χ4v) is 3.03. The van der Waals surface area contributed by atoms with Gasteiger partial charge in [-0.2, -0.15) is 13.2 Å². The van der Waals surface area contributed by atoms with Crippen LogP contribution in [0, 0.1) is 12.3 Å². The SMILES string of the molecule is Cc1ccc(CC(=O)C2(C)CC2)cc1-c1cc(C(=O)O)cc(C(F)(F)F)c1. The minimum absolute atomic E-state index is 0.118. The summed E-state index contributed by atoms with van der Waals surface area (Å²) in [6.07, 6.45) is -2.71. The van der Waals surface area contributed by atoms with Gasteiger partial charge in [0, 0.05) is 11.8 Å². The minimum atomic E-state index is -4.65. The third kappa shape index (κ3) is 4.04. The average molecular weight is 376 g/mol. The van der Waals surface area contributed by atoms with Crippen LogP contribution in [-0.2, 0) is 17.4 Å². The van der Waals surface area contributed by atoms with Gasteiger partial charge in [0.2, 0.25) is 0 Å². The van der Waals surface area contributed by atoms with Gasteiger partial charge in [0.25, 0.3) is 0 Å². The maximum absolute atomic E-state index is 13.2. The summed E-state index contributed by atoms with van der Waals surface area (Å²) in [4.78, 5) is 23.6. The summed E-state index contributed by atoms with van der Waals surface area (Å²) in [5.74, 6) is -1.31. The second kappa shape index (κ2) is 6.51. The van der Waals surface area contributed by atoms with Crippen LogP contribution in [-0.4, -0.2) is 16.9 Å². The molecule has 0 bridgehead atoms. The van der Waals surface area contributed by atoms with Gasteiger partial charge in [-0.15, -0.1) is 0 Å². The van der Waals surface area contributed by atoms with Gasteiger partial charge < -0.3 is 5.11 Å². The molecule has 1 fully saturated rings. The lowest BCUT2D eigenvalue weighted by Gasteiger charge is -2.14. The molecule has 27 heavy (non-hydrogen) atoms. The number of rotatable bonds is 5. The highest BCUT2D eigenvalue weighted by molar-refractivity contribution is 5.91. The fraction of sp³-hybridized carbons (Fsp3) is 0.333.